The molecule has 0 aliphatic rings. The zero-order valence-electron chi connectivity index (χ0n) is 14.0. The van der Waals surface area contributed by atoms with Crippen molar-refractivity contribution in [2.75, 3.05) is 5.32 Å². The van der Waals surface area contributed by atoms with Crippen molar-refractivity contribution in [2.45, 2.75) is 20.4 Å². The van der Waals surface area contributed by atoms with Gasteiger partial charge in [0.2, 0.25) is 5.91 Å². The Morgan fingerprint density at radius 2 is 2.04 bits per heavy atom. The number of hydrogen-bond donors (Lipinski definition) is 2. The first-order valence-corrected chi connectivity index (χ1v) is 10.1. The SMILES string of the molecule is CC(=O)NCc1ccc(-c2nc(NC(=O)c3cncc(Br)c3)sc2C)s1. The van der Waals surface area contributed by atoms with Crippen LogP contribution in [-0.2, 0) is 11.3 Å². The topological polar surface area (TPSA) is 84.0 Å². The summed E-state index contributed by atoms with van der Waals surface area (Å²) in [6.45, 7) is 3.97. The van der Waals surface area contributed by atoms with Crippen molar-refractivity contribution in [3.05, 3.63) is 50.4 Å². The minimum absolute atomic E-state index is 0.0585. The second kappa shape index (κ2) is 8.07. The molecule has 0 saturated heterocycles. The summed E-state index contributed by atoms with van der Waals surface area (Å²) >= 11 is 6.30. The van der Waals surface area contributed by atoms with Gasteiger partial charge in [0.25, 0.3) is 5.91 Å². The molecule has 0 saturated carbocycles. The lowest BCUT2D eigenvalue weighted by Crippen LogP contribution is -2.17. The number of anilines is 1. The predicted molar refractivity (Wildman–Crippen MR) is 108 cm³/mol. The van der Waals surface area contributed by atoms with Crippen molar-refractivity contribution in [3.8, 4) is 10.6 Å². The van der Waals surface area contributed by atoms with Crippen LogP contribution in [0.2, 0.25) is 0 Å². The van der Waals surface area contributed by atoms with E-state index in [1.54, 1.807) is 23.6 Å². The third-order valence-corrected chi connectivity index (χ3v) is 5.80. The maximum atomic E-state index is 12.3. The molecule has 2 amide bonds. The summed E-state index contributed by atoms with van der Waals surface area (Å²) in [5, 5.41) is 6.14. The lowest BCUT2D eigenvalue weighted by atomic mass is 10.3. The van der Waals surface area contributed by atoms with Gasteiger partial charge in [0.15, 0.2) is 5.13 Å². The summed E-state index contributed by atoms with van der Waals surface area (Å²) in [7, 11) is 0. The Bertz CT molecular complexity index is 967. The average Bonchev–Trinajstić information content (AvgIpc) is 3.19. The van der Waals surface area contributed by atoms with Crippen LogP contribution in [0.5, 0.6) is 0 Å². The number of rotatable bonds is 5. The molecule has 9 heteroatoms. The van der Waals surface area contributed by atoms with Crippen LogP contribution in [0, 0.1) is 6.92 Å². The molecule has 3 aromatic heterocycles. The van der Waals surface area contributed by atoms with Gasteiger partial charge >= 0.3 is 0 Å². The highest BCUT2D eigenvalue weighted by Gasteiger charge is 2.15. The van der Waals surface area contributed by atoms with Crippen LogP contribution in [0.25, 0.3) is 10.6 Å². The van der Waals surface area contributed by atoms with Crippen LogP contribution in [0.3, 0.4) is 0 Å². The highest BCUT2D eigenvalue weighted by atomic mass is 79.9. The highest BCUT2D eigenvalue weighted by Crippen LogP contribution is 2.34. The smallest absolute Gasteiger partial charge is 0.259 e. The molecule has 3 rings (SSSR count). The molecule has 0 bridgehead atoms. The molecule has 6 nitrogen and oxygen atoms in total. The number of nitrogens with one attached hydrogen (secondary N) is 2. The first-order chi connectivity index (χ1) is 12.4. The van der Waals surface area contributed by atoms with E-state index in [1.807, 2.05) is 19.1 Å². The Morgan fingerprint density at radius 3 is 2.77 bits per heavy atom. The van der Waals surface area contributed by atoms with Gasteiger partial charge in [-0.3, -0.25) is 19.9 Å². The lowest BCUT2D eigenvalue weighted by molar-refractivity contribution is -0.119. The molecule has 0 aliphatic heterocycles. The second-order valence-corrected chi connectivity index (χ2v) is 8.73. The molecule has 0 aromatic carbocycles. The van der Waals surface area contributed by atoms with Crippen molar-refractivity contribution in [1.82, 2.24) is 15.3 Å². The number of thiazole rings is 1. The third-order valence-electron chi connectivity index (χ3n) is 3.39. The van der Waals surface area contributed by atoms with E-state index >= 15 is 0 Å². The largest absolute Gasteiger partial charge is 0.351 e. The summed E-state index contributed by atoms with van der Waals surface area (Å²) in [5.41, 5.74) is 1.30. The first kappa shape index (κ1) is 18.7. The van der Waals surface area contributed by atoms with Crippen LogP contribution >= 0.6 is 38.6 Å². The number of nitrogens with zero attached hydrogens (tertiary/aromatic N) is 2. The molecule has 26 heavy (non-hydrogen) atoms. The summed E-state index contributed by atoms with van der Waals surface area (Å²) in [5.74, 6) is -0.312. The molecule has 2 N–H and O–H groups in total. The van der Waals surface area contributed by atoms with Gasteiger partial charge in [-0.2, -0.15) is 0 Å². The quantitative estimate of drug-likeness (QED) is 0.608. The standard InChI is InChI=1S/C17H15BrN4O2S2/c1-9-15(14-4-3-13(26-14)8-20-10(2)23)21-17(25-9)22-16(24)11-5-12(18)7-19-6-11/h3-7H,8H2,1-2H3,(H,20,23)(H,21,22,24). The molecule has 3 heterocycles. The van der Waals surface area contributed by atoms with Crippen LogP contribution in [-0.4, -0.2) is 21.8 Å². The van der Waals surface area contributed by atoms with E-state index in [-0.39, 0.29) is 11.8 Å². The fourth-order valence-corrected chi connectivity index (χ4v) is 4.44. The zero-order chi connectivity index (χ0) is 18.7. The minimum Gasteiger partial charge on any atom is -0.351 e. The van der Waals surface area contributed by atoms with Gasteiger partial charge in [-0.25, -0.2) is 4.98 Å². The first-order valence-electron chi connectivity index (χ1n) is 7.65. The molecule has 0 fully saturated rings. The number of hydrogen-bond acceptors (Lipinski definition) is 6. The second-order valence-electron chi connectivity index (χ2n) is 5.45. The van der Waals surface area contributed by atoms with E-state index in [0.29, 0.717) is 17.2 Å². The molecular weight excluding hydrogens is 436 g/mol. The molecule has 0 aliphatic carbocycles. The summed E-state index contributed by atoms with van der Waals surface area (Å²) in [6.07, 6.45) is 3.13. The van der Waals surface area contributed by atoms with Gasteiger partial charge in [-0.15, -0.1) is 22.7 Å². The van der Waals surface area contributed by atoms with Crippen molar-refractivity contribution >= 4 is 55.5 Å². The van der Waals surface area contributed by atoms with E-state index in [2.05, 4.69) is 36.5 Å². The van der Waals surface area contributed by atoms with Crippen molar-refractivity contribution in [3.63, 3.8) is 0 Å². The number of thiophene rings is 1. The normalized spacial score (nSPS) is 10.6. The maximum absolute atomic E-state index is 12.3. The molecule has 0 spiro atoms. The van der Waals surface area contributed by atoms with E-state index in [9.17, 15) is 9.59 Å². The molecule has 134 valence electrons. The Hall–Kier alpha value is -2.10. The van der Waals surface area contributed by atoms with Gasteiger partial charge in [0.1, 0.15) is 0 Å². The van der Waals surface area contributed by atoms with Crippen molar-refractivity contribution in [2.24, 2.45) is 0 Å². The van der Waals surface area contributed by atoms with Crippen LogP contribution in [0.4, 0.5) is 5.13 Å². The number of carbonyl (C=O) groups is 2. The molecular formula is C17H15BrN4O2S2. The number of aryl methyl sites for hydroxylation is 1. The number of pyridine rings is 1. The Labute approximate surface area is 166 Å². The number of halogens is 1. The van der Waals surface area contributed by atoms with Crippen molar-refractivity contribution in [1.29, 1.82) is 0 Å². The van der Waals surface area contributed by atoms with Gasteiger partial charge in [0, 0.05) is 33.5 Å². The average molecular weight is 451 g/mol. The molecule has 0 radical (unpaired) electrons. The summed E-state index contributed by atoms with van der Waals surface area (Å²) in [6, 6.07) is 5.66. The van der Waals surface area contributed by atoms with Crippen molar-refractivity contribution < 1.29 is 9.59 Å². The Balaban J connectivity index is 1.75. The Morgan fingerprint density at radius 1 is 1.23 bits per heavy atom. The molecule has 3 aromatic rings. The highest BCUT2D eigenvalue weighted by molar-refractivity contribution is 9.10. The van der Waals surface area contributed by atoms with E-state index in [1.165, 1.54) is 24.5 Å². The molecule has 0 unspecified atom stereocenters. The number of aromatic nitrogens is 2. The van der Waals surface area contributed by atoms with E-state index in [4.69, 9.17) is 0 Å². The molecule has 0 atom stereocenters. The Kier molecular flexibility index (Phi) is 5.80. The van der Waals surface area contributed by atoms with Gasteiger partial charge in [-0.1, -0.05) is 0 Å². The van der Waals surface area contributed by atoms with Gasteiger partial charge in [0.05, 0.1) is 22.7 Å². The maximum Gasteiger partial charge on any atom is 0.259 e. The monoisotopic (exact) mass is 450 g/mol. The van der Waals surface area contributed by atoms with Crippen LogP contribution in [0.1, 0.15) is 27.0 Å². The van der Waals surface area contributed by atoms with Gasteiger partial charge in [-0.05, 0) is 41.1 Å². The van der Waals surface area contributed by atoms with Crippen LogP contribution < -0.4 is 10.6 Å². The lowest BCUT2D eigenvalue weighted by Gasteiger charge is -2.01. The fourth-order valence-electron chi connectivity index (χ4n) is 2.20. The number of amides is 2. The zero-order valence-corrected chi connectivity index (χ0v) is 17.2. The summed E-state index contributed by atoms with van der Waals surface area (Å²) in [4.78, 5) is 35.0. The van der Waals surface area contributed by atoms with Crippen LogP contribution in [0.15, 0.2) is 35.1 Å². The van der Waals surface area contributed by atoms with E-state index < -0.39 is 0 Å². The fraction of sp³-hybridized carbons (Fsp3) is 0.176. The predicted octanol–water partition coefficient (Wildman–Crippen LogP) is 4.23. The summed E-state index contributed by atoms with van der Waals surface area (Å²) < 4.78 is 0.742. The van der Waals surface area contributed by atoms with E-state index in [0.717, 1.165) is 24.8 Å². The number of carbonyl (C=O) groups excluding carboxylic acids is 2. The minimum atomic E-state index is -0.253. The van der Waals surface area contributed by atoms with Gasteiger partial charge < -0.3 is 5.32 Å². The third kappa shape index (κ3) is 4.54.